The molecule has 1 rings (SSSR count). The highest BCUT2D eigenvalue weighted by Crippen LogP contribution is 1.97. The standard InChI is InChI=1S/C11H17NO.ClH/c13-10-4-8-12-9-7-11-5-2-1-3-6-11;/h1-3,5-6,12-13H,4,7-10H2;1H. The van der Waals surface area contributed by atoms with Crippen LogP contribution in [0.3, 0.4) is 0 Å². The molecule has 0 radical (unpaired) electrons. The monoisotopic (exact) mass is 215 g/mol. The first kappa shape index (κ1) is 13.4. The van der Waals surface area contributed by atoms with E-state index in [2.05, 4.69) is 29.6 Å². The molecule has 0 saturated carbocycles. The zero-order valence-corrected chi connectivity index (χ0v) is 9.09. The molecule has 0 aliphatic carbocycles. The minimum absolute atomic E-state index is 0. The van der Waals surface area contributed by atoms with E-state index in [1.165, 1.54) is 5.56 Å². The first-order valence-electron chi connectivity index (χ1n) is 4.79. The summed E-state index contributed by atoms with van der Waals surface area (Å²) in [5.74, 6) is 0. The van der Waals surface area contributed by atoms with Crippen molar-refractivity contribution in [1.82, 2.24) is 5.32 Å². The fourth-order valence-electron chi connectivity index (χ4n) is 1.21. The van der Waals surface area contributed by atoms with Gasteiger partial charge in [0.15, 0.2) is 0 Å². The third kappa shape index (κ3) is 5.97. The molecule has 0 aromatic heterocycles. The maximum Gasteiger partial charge on any atom is 0.0443 e. The van der Waals surface area contributed by atoms with E-state index in [1.807, 2.05) is 6.07 Å². The van der Waals surface area contributed by atoms with Crippen LogP contribution in [0.5, 0.6) is 0 Å². The second-order valence-corrected chi connectivity index (χ2v) is 3.06. The van der Waals surface area contributed by atoms with Crippen molar-refractivity contribution in [1.29, 1.82) is 0 Å². The molecule has 0 saturated heterocycles. The van der Waals surface area contributed by atoms with Crippen LogP contribution in [0.1, 0.15) is 12.0 Å². The van der Waals surface area contributed by atoms with Crippen molar-refractivity contribution in [3.63, 3.8) is 0 Å². The van der Waals surface area contributed by atoms with Crippen molar-refractivity contribution in [3.8, 4) is 0 Å². The highest BCUT2D eigenvalue weighted by Gasteiger charge is 1.90. The summed E-state index contributed by atoms with van der Waals surface area (Å²) in [5, 5.41) is 11.8. The van der Waals surface area contributed by atoms with Crippen molar-refractivity contribution >= 4 is 12.4 Å². The van der Waals surface area contributed by atoms with Crippen LogP contribution >= 0.6 is 12.4 Å². The number of rotatable bonds is 6. The van der Waals surface area contributed by atoms with Crippen LogP contribution < -0.4 is 5.32 Å². The molecule has 14 heavy (non-hydrogen) atoms. The quantitative estimate of drug-likeness (QED) is 0.707. The van der Waals surface area contributed by atoms with E-state index in [4.69, 9.17) is 5.11 Å². The fourth-order valence-corrected chi connectivity index (χ4v) is 1.21. The molecule has 0 heterocycles. The molecular weight excluding hydrogens is 198 g/mol. The third-order valence-electron chi connectivity index (χ3n) is 1.94. The highest BCUT2D eigenvalue weighted by molar-refractivity contribution is 5.85. The van der Waals surface area contributed by atoms with Gasteiger partial charge in [-0.1, -0.05) is 30.3 Å². The topological polar surface area (TPSA) is 32.3 Å². The highest BCUT2D eigenvalue weighted by atomic mass is 35.5. The van der Waals surface area contributed by atoms with E-state index >= 15 is 0 Å². The van der Waals surface area contributed by atoms with Gasteiger partial charge >= 0.3 is 0 Å². The Morgan fingerprint density at radius 3 is 2.43 bits per heavy atom. The van der Waals surface area contributed by atoms with E-state index < -0.39 is 0 Å². The molecule has 1 aromatic carbocycles. The zero-order chi connectivity index (χ0) is 9.36. The Hall–Kier alpha value is -0.570. The SMILES string of the molecule is Cl.OCCCNCCc1ccccc1. The van der Waals surface area contributed by atoms with E-state index in [0.717, 1.165) is 25.9 Å². The fraction of sp³-hybridized carbons (Fsp3) is 0.455. The van der Waals surface area contributed by atoms with E-state index in [0.29, 0.717) is 0 Å². The van der Waals surface area contributed by atoms with E-state index in [9.17, 15) is 0 Å². The smallest absolute Gasteiger partial charge is 0.0443 e. The minimum Gasteiger partial charge on any atom is -0.396 e. The van der Waals surface area contributed by atoms with Gasteiger partial charge in [-0.2, -0.15) is 0 Å². The largest absolute Gasteiger partial charge is 0.396 e. The van der Waals surface area contributed by atoms with Crippen molar-refractivity contribution in [3.05, 3.63) is 35.9 Å². The maximum atomic E-state index is 8.54. The lowest BCUT2D eigenvalue weighted by Gasteiger charge is -2.02. The van der Waals surface area contributed by atoms with Gasteiger partial charge in [0.25, 0.3) is 0 Å². The molecule has 1 aromatic rings. The van der Waals surface area contributed by atoms with Gasteiger partial charge < -0.3 is 10.4 Å². The second kappa shape index (κ2) is 9.00. The first-order chi connectivity index (χ1) is 6.43. The third-order valence-corrected chi connectivity index (χ3v) is 1.94. The molecule has 3 heteroatoms. The average molecular weight is 216 g/mol. The van der Waals surface area contributed by atoms with Crippen LogP contribution in [0.25, 0.3) is 0 Å². The number of hydrogen-bond donors (Lipinski definition) is 2. The summed E-state index contributed by atoms with van der Waals surface area (Å²) in [5.41, 5.74) is 1.36. The van der Waals surface area contributed by atoms with Crippen molar-refractivity contribution < 1.29 is 5.11 Å². The van der Waals surface area contributed by atoms with Gasteiger partial charge in [-0.05, 0) is 31.5 Å². The van der Waals surface area contributed by atoms with Crippen LogP contribution in [0.2, 0.25) is 0 Å². The Balaban J connectivity index is 0.00000169. The van der Waals surface area contributed by atoms with Crippen LogP contribution in [-0.4, -0.2) is 24.8 Å². The van der Waals surface area contributed by atoms with Gasteiger partial charge in [0.2, 0.25) is 0 Å². The van der Waals surface area contributed by atoms with Crippen molar-refractivity contribution in [2.75, 3.05) is 19.7 Å². The predicted molar refractivity (Wildman–Crippen MR) is 62.0 cm³/mol. The van der Waals surface area contributed by atoms with E-state index in [1.54, 1.807) is 0 Å². The van der Waals surface area contributed by atoms with Gasteiger partial charge in [0, 0.05) is 6.61 Å². The van der Waals surface area contributed by atoms with Gasteiger partial charge in [-0.25, -0.2) is 0 Å². The van der Waals surface area contributed by atoms with Gasteiger partial charge in [0.1, 0.15) is 0 Å². The molecule has 0 aliphatic rings. The number of aliphatic hydroxyl groups is 1. The normalized spacial score (nSPS) is 9.50. The summed E-state index contributed by atoms with van der Waals surface area (Å²) in [6.07, 6.45) is 1.90. The van der Waals surface area contributed by atoms with Gasteiger partial charge in [-0.15, -0.1) is 12.4 Å². The number of benzene rings is 1. The predicted octanol–water partition coefficient (Wildman–Crippen LogP) is 1.62. The molecule has 0 bridgehead atoms. The zero-order valence-electron chi connectivity index (χ0n) is 8.28. The molecule has 2 nitrogen and oxygen atoms in total. The molecule has 0 amide bonds. The molecule has 0 atom stereocenters. The summed E-state index contributed by atoms with van der Waals surface area (Å²) in [4.78, 5) is 0. The van der Waals surface area contributed by atoms with E-state index in [-0.39, 0.29) is 19.0 Å². The summed E-state index contributed by atoms with van der Waals surface area (Å²) in [6, 6.07) is 10.4. The molecule has 0 spiro atoms. The number of halogens is 1. The maximum absolute atomic E-state index is 8.54. The number of nitrogens with one attached hydrogen (secondary N) is 1. The molecule has 2 N–H and O–H groups in total. The summed E-state index contributed by atoms with van der Waals surface area (Å²) >= 11 is 0. The van der Waals surface area contributed by atoms with Gasteiger partial charge in [0.05, 0.1) is 0 Å². The number of hydrogen-bond acceptors (Lipinski definition) is 2. The van der Waals surface area contributed by atoms with Crippen LogP contribution in [0.4, 0.5) is 0 Å². The molecular formula is C11H18ClNO. The molecule has 0 unspecified atom stereocenters. The summed E-state index contributed by atoms with van der Waals surface area (Å²) < 4.78 is 0. The summed E-state index contributed by atoms with van der Waals surface area (Å²) in [6.45, 7) is 2.17. The summed E-state index contributed by atoms with van der Waals surface area (Å²) in [7, 11) is 0. The second-order valence-electron chi connectivity index (χ2n) is 3.06. The Labute approximate surface area is 91.8 Å². The Morgan fingerprint density at radius 2 is 1.79 bits per heavy atom. The lowest BCUT2D eigenvalue weighted by Crippen LogP contribution is -2.19. The van der Waals surface area contributed by atoms with Crippen LogP contribution in [-0.2, 0) is 6.42 Å². The first-order valence-corrected chi connectivity index (χ1v) is 4.79. The Morgan fingerprint density at radius 1 is 1.07 bits per heavy atom. The number of aliphatic hydroxyl groups excluding tert-OH is 1. The lowest BCUT2D eigenvalue weighted by molar-refractivity contribution is 0.286. The average Bonchev–Trinajstić information content (AvgIpc) is 2.19. The molecule has 80 valence electrons. The Kier molecular flexibility index (Phi) is 8.64. The Bertz CT molecular complexity index is 216. The minimum atomic E-state index is 0. The molecule has 0 aliphatic heterocycles. The van der Waals surface area contributed by atoms with Crippen LogP contribution in [0, 0.1) is 0 Å². The van der Waals surface area contributed by atoms with Crippen molar-refractivity contribution in [2.45, 2.75) is 12.8 Å². The van der Waals surface area contributed by atoms with Gasteiger partial charge in [-0.3, -0.25) is 0 Å². The van der Waals surface area contributed by atoms with Crippen molar-refractivity contribution in [2.24, 2.45) is 0 Å². The van der Waals surface area contributed by atoms with Crippen LogP contribution in [0.15, 0.2) is 30.3 Å². The lowest BCUT2D eigenvalue weighted by atomic mass is 10.1. The molecule has 0 fully saturated rings.